The van der Waals surface area contributed by atoms with Crippen LogP contribution in [0.1, 0.15) is 200 Å². The number of amides is 1. The molecule has 1 amide bonds. The van der Waals surface area contributed by atoms with Crippen LogP contribution in [-0.2, 0) is 4.79 Å². The molecule has 47 heavy (non-hydrogen) atoms. The fraction of sp³-hybridized carbons (Fsp3) is 0.833. The summed E-state index contributed by atoms with van der Waals surface area (Å²) < 4.78 is 0. The molecule has 0 bridgehead atoms. The highest BCUT2D eigenvalue weighted by Crippen LogP contribution is 2.15. The van der Waals surface area contributed by atoms with E-state index in [0.29, 0.717) is 6.42 Å². The highest BCUT2D eigenvalue weighted by Gasteiger charge is 2.22. The van der Waals surface area contributed by atoms with Crippen LogP contribution in [0.15, 0.2) is 36.5 Å². The van der Waals surface area contributed by atoms with Gasteiger partial charge in [-0.2, -0.15) is 0 Å². The first-order chi connectivity index (χ1) is 23.1. The standard InChI is InChI=1S/C42H79NO4/c1-3-5-7-9-11-13-15-17-19-20-21-22-23-25-27-29-31-33-35-37-41(46)42(47)43-39(38-44)40(45)36-34-32-30-28-26-24-18-16-14-12-10-8-6-4-2/h14,16,26,28,34,36,39-41,44-46H,3-13,15,17-25,27,29-33,35,37-38H2,1-2H3,(H,43,47)/b16-14+,28-26+,36-34+. The Morgan fingerprint density at radius 2 is 0.872 bits per heavy atom. The number of hydrogen-bond donors (Lipinski definition) is 4. The van der Waals surface area contributed by atoms with Gasteiger partial charge in [0.1, 0.15) is 6.10 Å². The molecule has 3 unspecified atom stereocenters. The molecule has 0 aromatic rings. The summed E-state index contributed by atoms with van der Waals surface area (Å²) in [5.74, 6) is -0.517. The first-order valence-electron chi connectivity index (χ1n) is 20.3. The Morgan fingerprint density at radius 1 is 0.511 bits per heavy atom. The number of aliphatic hydroxyl groups is 3. The molecule has 5 heteroatoms. The van der Waals surface area contributed by atoms with E-state index in [1.165, 1.54) is 135 Å². The molecular weight excluding hydrogens is 582 g/mol. The lowest BCUT2D eigenvalue weighted by atomic mass is 10.0. The lowest BCUT2D eigenvalue weighted by Gasteiger charge is -2.21. The minimum Gasteiger partial charge on any atom is -0.394 e. The summed E-state index contributed by atoms with van der Waals surface area (Å²) in [6.45, 7) is 4.14. The van der Waals surface area contributed by atoms with E-state index in [0.717, 1.165) is 44.9 Å². The van der Waals surface area contributed by atoms with E-state index in [2.05, 4.69) is 43.5 Å². The van der Waals surface area contributed by atoms with Crippen molar-refractivity contribution >= 4 is 5.91 Å². The number of allylic oxidation sites excluding steroid dienone is 5. The third-order valence-electron chi connectivity index (χ3n) is 9.21. The second-order valence-electron chi connectivity index (χ2n) is 13.8. The number of carbonyl (C=O) groups excluding carboxylic acids is 1. The Kier molecular flexibility index (Phi) is 36.3. The van der Waals surface area contributed by atoms with Crippen molar-refractivity contribution in [1.29, 1.82) is 0 Å². The van der Waals surface area contributed by atoms with Gasteiger partial charge in [0.25, 0.3) is 0 Å². The Morgan fingerprint density at radius 3 is 1.30 bits per heavy atom. The van der Waals surface area contributed by atoms with E-state index in [-0.39, 0.29) is 6.61 Å². The van der Waals surface area contributed by atoms with Crippen LogP contribution >= 0.6 is 0 Å². The highest BCUT2D eigenvalue weighted by molar-refractivity contribution is 5.80. The summed E-state index contributed by atoms with van der Waals surface area (Å²) in [4.78, 5) is 12.4. The molecule has 276 valence electrons. The minimum atomic E-state index is -1.10. The summed E-state index contributed by atoms with van der Waals surface area (Å²) in [6, 6.07) is -0.817. The number of rotatable bonds is 36. The zero-order valence-corrected chi connectivity index (χ0v) is 31.2. The Bertz CT molecular complexity index is 734. The van der Waals surface area contributed by atoms with Crippen molar-refractivity contribution in [3.8, 4) is 0 Å². The Balaban J connectivity index is 3.73. The van der Waals surface area contributed by atoms with Gasteiger partial charge in [-0.1, -0.05) is 192 Å². The largest absolute Gasteiger partial charge is 0.394 e. The van der Waals surface area contributed by atoms with E-state index in [1.54, 1.807) is 6.08 Å². The van der Waals surface area contributed by atoms with E-state index in [1.807, 2.05) is 6.08 Å². The first kappa shape index (κ1) is 45.6. The molecule has 0 aliphatic carbocycles. The van der Waals surface area contributed by atoms with Crippen molar-refractivity contribution in [3.05, 3.63) is 36.5 Å². The van der Waals surface area contributed by atoms with Crippen LogP contribution in [0.25, 0.3) is 0 Å². The number of hydrogen-bond acceptors (Lipinski definition) is 4. The molecule has 0 aliphatic rings. The Hall–Kier alpha value is -1.43. The van der Waals surface area contributed by atoms with Crippen molar-refractivity contribution in [2.24, 2.45) is 0 Å². The number of nitrogens with one attached hydrogen (secondary N) is 1. The highest BCUT2D eigenvalue weighted by atomic mass is 16.3. The molecule has 0 radical (unpaired) electrons. The van der Waals surface area contributed by atoms with Gasteiger partial charge in [-0.15, -0.1) is 0 Å². The molecule has 5 nitrogen and oxygen atoms in total. The smallest absolute Gasteiger partial charge is 0.249 e. The molecule has 0 spiro atoms. The fourth-order valence-corrected chi connectivity index (χ4v) is 5.98. The molecule has 0 aliphatic heterocycles. The lowest BCUT2D eigenvalue weighted by molar-refractivity contribution is -0.131. The van der Waals surface area contributed by atoms with E-state index >= 15 is 0 Å². The molecule has 0 aromatic carbocycles. The predicted octanol–water partition coefficient (Wildman–Crippen LogP) is 11.2. The normalized spacial score (nSPS) is 14.1. The second kappa shape index (κ2) is 37.4. The SMILES string of the molecule is CCCCCC/C=C/CC/C=C/CC/C=C/C(O)C(CO)NC(=O)C(O)CCCCCCCCCCCCCCCCCCCCC. The van der Waals surface area contributed by atoms with Crippen molar-refractivity contribution < 1.29 is 20.1 Å². The van der Waals surface area contributed by atoms with Crippen LogP contribution in [0.2, 0.25) is 0 Å². The molecule has 0 aromatic heterocycles. The van der Waals surface area contributed by atoms with E-state index in [9.17, 15) is 20.1 Å². The van der Waals surface area contributed by atoms with Crippen LogP contribution in [0, 0.1) is 0 Å². The van der Waals surface area contributed by atoms with Crippen LogP contribution in [-0.4, -0.2) is 46.1 Å². The van der Waals surface area contributed by atoms with Crippen molar-refractivity contribution in [2.45, 2.75) is 218 Å². The maximum atomic E-state index is 12.4. The van der Waals surface area contributed by atoms with Crippen molar-refractivity contribution in [2.75, 3.05) is 6.61 Å². The quantitative estimate of drug-likeness (QED) is 0.0397. The van der Waals surface area contributed by atoms with Gasteiger partial charge in [-0.25, -0.2) is 0 Å². The van der Waals surface area contributed by atoms with Gasteiger partial charge >= 0.3 is 0 Å². The van der Waals surface area contributed by atoms with Gasteiger partial charge in [-0.3, -0.25) is 4.79 Å². The molecule has 0 fully saturated rings. The van der Waals surface area contributed by atoms with Gasteiger partial charge in [0.15, 0.2) is 0 Å². The van der Waals surface area contributed by atoms with Crippen LogP contribution in [0.3, 0.4) is 0 Å². The molecule has 0 saturated carbocycles. The molecule has 3 atom stereocenters. The third kappa shape index (κ3) is 32.9. The van der Waals surface area contributed by atoms with Crippen LogP contribution < -0.4 is 5.32 Å². The summed E-state index contributed by atoms with van der Waals surface area (Å²) in [5.41, 5.74) is 0. The summed E-state index contributed by atoms with van der Waals surface area (Å²) >= 11 is 0. The fourth-order valence-electron chi connectivity index (χ4n) is 5.98. The number of carbonyl (C=O) groups is 1. The summed E-state index contributed by atoms with van der Waals surface area (Å²) in [7, 11) is 0. The van der Waals surface area contributed by atoms with Crippen LogP contribution in [0.4, 0.5) is 0 Å². The minimum absolute atomic E-state index is 0.380. The topological polar surface area (TPSA) is 89.8 Å². The lowest BCUT2D eigenvalue weighted by Crippen LogP contribution is -2.48. The van der Waals surface area contributed by atoms with Gasteiger partial charge in [0, 0.05) is 0 Å². The molecule has 0 heterocycles. The van der Waals surface area contributed by atoms with Gasteiger partial charge in [0.05, 0.1) is 18.8 Å². The number of aliphatic hydroxyl groups excluding tert-OH is 3. The monoisotopic (exact) mass is 662 g/mol. The predicted molar refractivity (Wildman–Crippen MR) is 204 cm³/mol. The maximum Gasteiger partial charge on any atom is 0.249 e. The van der Waals surface area contributed by atoms with E-state index in [4.69, 9.17) is 0 Å². The van der Waals surface area contributed by atoms with Gasteiger partial charge < -0.3 is 20.6 Å². The third-order valence-corrected chi connectivity index (χ3v) is 9.21. The van der Waals surface area contributed by atoms with Crippen molar-refractivity contribution in [3.63, 3.8) is 0 Å². The van der Waals surface area contributed by atoms with Gasteiger partial charge in [0.2, 0.25) is 5.91 Å². The number of unbranched alkanes of at least 4 members (excludes halogenated alkanes) is 24. The molecule has 0 rings (SSSR count). The summed E-state index contributed by atoms with van der Waals surface area (Å²) in [5, 5.41) is 33.0. The first-order valence-corrected chi connectivity index (χ1v) is 20.3. The van der Waals surface area contributed by atoms with Gasteiger partial charge in [-0.05, 0) is 44.9 Å². The molecule has 4 N–H and O–H groups in total. The van der Waals surface area contributed by atoms with Crippen molar-refractivity contribution in [1.82, 2.24) is 5.32 Å². The average molecular weight is 662 g/mol. The summed E-state index contributed by atoms with van der Waals surface area (Å²) in [6.07, 6.45) is 45.9. The zero-order chi connectivity index (χ0) is 34.5. The second-order valence-corrected chi connectivity index (χ2v) is 13.8. The molecule has 0 saturated heterocycles. The van der Waals surface area contributed by atoms with Crippen LogP contribution in [0.5, 0.6) is 0 Å². The maximum absolute atomic E-state index is 12.4. The average Bonchev–Trinajstić information content (AvgIpc) is 3.07. The molecular formula is C42H79NO4. The zero-order valence-electron chi connectivity index (χ0n) is 31.2. The Labute approximate surface area is 292 Å². The van der Waals surface area contributed by atoms with E-state index < -0.39 is 24.2 Å².